The summed E-state index contributed by atoms with van der Waals surface area (Å²) in [6.45, 7) is 0. The molecule has 0 bridgehead atoms. The standard InChI is InChI=1S/C14H13N3O4S2/c15-23(20,21)11-3-1-10(2-4-11)17-13(18)12(16-14(17)19)7-9-5-6-22-8-9/h1-6,8,12H,7H2,(H,16,19)(H2,15,20,21). The number of benzene rings is 1. The second-order valence-electron chi connectivity index (χ2n) is 5.05. The average Bonchev–Trinajstić information content (AvgIpc) is 3.08. The van der Waals surface area contributed by atoms with E-state index in [0.717, 1.165) is 10.5 Å². The number of imide groups is 1. The first kappa shape index (κ1) is 15.7. The molecule has 1 unspecified atom stereocenters. The Kier molecular flexibility index (Phi) is 3.92. The van der Waals surface area contributed by atoms with Gasteiger partial charge in [0.1, 0.15) is 6.04 Å². The molecular weight excluding hydrogens is 338 g/mol. The Morgan fingerprint density at radius 3 is 2.43 bits per heavy atom. The van der Waals surface area contributed by atoms with E-state index < -0.39 is 22.1 Å². The molecule has 9 heteroatoms. The Morgan fingerprint density at radius 1 is 1.17 bits per heavy atom. The first-order valence-corrected chi connectivity index (χ1v) is 9.13. The summed E-state index contributed by atoms with van der Waals surface area (Å²) in [7, 11) is -3.82. The maximum Gasteiger partial charge on any atom is 0.329 e. The molecule has 7 nitrogen and oxygen atoms in total. The van der Waals surface area contributed by atoms with Crippen LogP contribution in [-0.4, -0.2) is 26.4 Å². The Morgan fingerprint density at radius 2 is 1.87 bits per heavy atom. The first-order chi connectivity index (χ1) is 10.9. The van der Waals surface area contributed by atoms with E-state index in [1.807, 2.05) is 16.8 Å². The fourth-order valence-electron chi connectivity index (χ4n) is 2.34. The third-order valence-corrected chi connectivity index (χ3v) is 5.12. The number of nitrogens with two attached hydrogens (primary N) is 1. The number of primary sulfonamides is 1. The minimum Gasteiger partial charge on any atom is -0.325 e. The van der Waals surface area contributed by atoms with E-state index in [4.69, 9.17) is 5.14 Å². The Bertz CT molecular complexity index is 845. The summed E-state index contributed by atoms with van der Waals surface area (Å²) in [6, 6.07) is 6.02. The number of carbonyl (C=O) groups is 2. The predicted octanol–water partition coefficient (Wildman–Crippen LogP) is 1.06. The number of sulfonamides is 1. The number of anilines is 1. The summed E-state index contributed by atoms with van der Waals surface area (Å²) in [6.07, 6.45) is 0.417. The predicted molar refractivity (Wildman–Crippen MR) is 85.6 cm³/mol. The van der Waals surface area contributed by atoms with E-state index in [1.54, 1.807) is 0 Å². The number of carbonyl (C=O) groups excluding carboxylic acids is 2. The van der Waals surface area contributed by atoms with Crippen molar-refractivity contribution in [1.29, 1.82) is 0 Å². The van der Waals surface area contributed by atoms with Crippen molar-refractivity contribution in [2.45, 2.75) is 17.4 Å². The lowest BCUT2D eigenvalue weighted by molar-refractivity contribution is -0.118. The molecule has 23 heavy (non-hydrogen) atoms. The monoisotopic (exact) mass is 351 g/mol. The van der Waals surface area contributed by atoms with Gasteiger partial charge in [0.15, 0.2) is 0 Å². The third-order valence-electron chi connectivity index (χ3n) is 3.46. The Balaban J connectivity index is 1.82. The SMILES string of the molecule is NS(=O)(=O)c1ccc(N2C(=O)NC(Cc3ccsc3)C2=O)cc1. The van der Waals surface area contributed by atoms with Gasteiger partial charge in [-0.2, -0.15) is 11.3 Å². The lowest BCUT2D eigenvalue weighted by atomic mass is 10.1. The summed E-state index contributed by atoms with van der Waals surface area (Å²) in [5.41, 5.74) is 1.27. The maximum atomic E-state index is 12.4. The van der Waals surface area contributed by atoms with Crippen molar-refractivity contribution < 1.29 is 18.0 Å². The van der Waals surface area contributed by atoms with Crippen molar-refractivity contribution in [3.05, 3.63) is 46.7 Å². The lowest BCUT2D eigenvalue weighted by Gasteiger charge is -2.13. The largest absolute Gasteiger partial charge is 0.329 e. The van der Waals surface area contributed by atoms with Crippen molar-refractivity contribution in [2.75, 3.05) is 4.90 Å². The second-order valence-corrected chi connectivity index (χ2v) is 7.39. The molecule has 1 aromatic carbocycles. The molecule has 1 atom stereocenters. The minimum atomic E-state index is -3.82. The van der Waals surface area contributed by atoms with Crippen LogP contribution in [0.15, 0.2) is 46.0 Å². The maximum absolute atomic E-state index is 12.4. The fourth-order valence-corrected chi connectivity index (χ4v) is 3.54. The molecule has 3 amide bonds. The van der Waals surface area contributed by atoms with Gasteiger partial charge in [-0.15, -0.1) is 0 Å². The van der Waals surface area contributed by atoms with Gasteiger partial charge in [-0.1, -0.05) is 0 Å². The van der Waals surface area contributed by atoms with E-state index in [-0.39, 0.29) is 10.8 Å². The summed E-state index contributed by atoms with van der Waals surface area (Å²) < 4.78 is 22.5. The molecule has 2 aromatic rings. The summed E-state index contributed by atoms with van der Waals surface area (Å²) in [5.74, 6) is -0.371. The molecule has 0 saturated carbocycles. The van der Waals surface area contributed by atoms with Crippen LogP contribution in [0.25, 0.3) is 0 Å². The van der Waals surface area contributed by atoms with E-state index in [2.05, 4.69) is 5.32 Å². The highest BCUT2D eigenvalue weighted by Gasteiger charge is 2.39. The number of nitrogens with one attached hydrogen (secondary N) is 1. The molecule has 1 fully saturated rings. The lowest BCUT2D eigenvalue weighted by Crippen LogP contribution is -2.32. The van der Waals surface area contributed by atoms with Crippen LogP contribution in [0.1, 0.15) is 5.56 Å². The smallest absolute Gasteiger partial charge is 0.325 e. The van der Waals surface area contributed by atoms with E-state index in [0.29, 0.717) is 12.1 Å². The van der Waals surface area contributed by atoms with Crippen LogP contribution >= 0.6 is 11.3 Å². The number of hydrogen-bond donors (Lipinski definition) is 2. The molecule has 1 aliphatic rings. The number of hydrogen-bond acceptors (Lipinski definition) is 5. The quantitative estimate of drug-likeness (QED) is 0.803. The molecular formula is C14H13N3O4S2. The molecule has 0 aliphatic carbocycles. The van der Waals surface area contributed by atoms with Crippen molar-refractivity contribution in [3.8, 4) is 0 Å². The molecule has 3 N–H and O–H groups in total. The van der Waals surface area contributed by atoms with Crippen LogP contribution < -0.4 is 15.4 Å². The Labute approximate surface area is 136 Å². The van der Waals surface area contributed by atoms with Gasteiger partial charge >= 0.3 is 6.03 Å². The zero-order chi connectivity index (χ0) is 16.6. The van der Waals surface area contributed by atoms with Gasteiger partial charge in [-0.25, -0.2) is 23.3 Å². The normalized spacial score (nSPS) is 18.3. The first-order valence-electron chi connectivity index (χ1n) is 6.64. The molecule has 0 spiro atoms. The fraction of sp³-hybridized carbons (Fsp3) is 0.143. The van der Waals surface area contributed by atoms with E-state index in [9.17, 15) is 18.0 Å². The number of rotatable bonds is 4. The van der Waals surface area contributed by atoms with Gasteiger partial charge in [-0.05, 0) is 46.7 Å². The van der Waals surface area contributed by atoms with Gasteiger partial charge in [0.2, 0.25) is 10.0 Å². The van der Waals surface area contributed by atoms with Gasteiger partial charge < -0.3 is 5.32 Å². The van der Waals surface area contributed by atoms with E-state index >= 15 is 0 Å². The van der Waals surface area contributed by atoms with Crippen molar-refractivity contribution in [1.82, 2.24) is 5.32 Å². The summed E-state index contributed by atoms with van der Waals surface area (Å²) in [5, 5.41) is 11.5. The van der Waals surface area contributed by atoms with Gasteiger partial charge in [0.05, 0.1) is 10.6 Å². The zero-order valence-electron chi connectivity index (χ0n) is 11.8. The zero-order valence-corrected chi connectivity index (χ0v) is 13.4. The van der Waals surface area contributed by atoms with Crippen molar-refractivity contribution in [3.63, 3.8) is 0 Å². The number of urea groups is 1. The molecule has 120 valence electrons. The topological polar surface area (TPSA) is 110 Å². The average molecular weight is 351 g/mol. The highest BCUT2D eigenvalue weighted by Crippen LogP contribution is 2.23. The van der Waals surface area contributed by atoms with Crippen LogP contribution in [0.5, 0.6) is 0 Å². The van der Waals surface area contributed by atoms with Crippen LogP contribution in [0.4, 0.5) is 10.5 Å². The van der Waals surface area contributed by atoms with Crippen LogP contribution in [0, 0.1) is 0 Å². The molecule has 1 saturated heterocycles. The Hall–Kier alpha value is -2.23. The molecule has 1 aromatic heterocycles. The van der Waals surface area contributed by atoms with Crippen molar-refractivity contribution in [2.24, 2.45) is 5.14 Å². The molecule has 0 radical (unpaired) electrons. The number of nitrogens with zero attached hydrogens (tertiary/aromatic N) is 1. The summed E-state index contributed by atoms with van der Waals surface area (Å²) >= 11 is 1.52. The number of amides is 3. The summed E-state index contributed by atoms with van der Waals surface area (Å²) in [4.78, 5) is 25.4. The van der Waals surface area contributed by atoms with E-state index in [1.165, 1.54) is 35.6 Å². The highest BCUT2D eigenvalue weighted by molar-refractivity contribution is 7.89. The molecule has 2 heterocycles. The van der Waals surface area contributed by atoms with Crippen LogP contribution in [0.2, 0.25) is 0 Å². The van der Waals surface area contributed by atoms with Gasteiger partial charge in [0.25, 0.3) is 5.91 Å². The second kappa shape index (κ2) is 5.76. The molecule has 3 rings (SSSR count). The van der Waals surface area contributed by atoms with Gasteiger partial charge in [0, 0.05) is 6.42 Å². The van der Waals surface area contributed by atoms with Crippen LogP contribution in [0.3, 0.4) is 0 Å². The highest BCUT2D eigenvalue weighted by atomic mass is 32.2. The minimum absolute atomic E-state index is 0.0804. The molecule has 1 aliphatic heterocycles. The van der Waals surface area contributed by atoms with Gasteiger partial charge in [-0.3, -0.25) is 4.79 Å². The number of thiophene rings is 1. The van der Waals surface area contributed by atoms with Crippen LogP contribution in [-0.2, 0) is 21.2 Å². The van der Waals surface area contributed by atoms with Crippen molar-refractivity contribution >= 4 is 39.0 Å². The third kappa shape index (κ3) is 3.11.